The zero-order valence-electron chi connectivity index (χ0n) is 19.9. The number of nitrogens with one attached hydrogen (secondary N) is 1. The maximum absolute atomic E-state index is 14.1. The van der Waals surface area contributed by atoms with Crippen LogP contribution in [0.5, 0.6) is 5.75 Å². The number of aromatic nitrogens is 1. The van der Waals surface area contributed by atoms with Crippen LogP contribution in [0.2, 0.25) is 0 Å². The molecule has 1 atom stereocenters. The zero-order valence-corrected chi connectivity index (χ0v) is 20.7. The lowest BCUT2D eigenvalue weighted by atomic mass is 9.87. The number of ether oxygens (including phenoxy) is 1. The summed E-state index contributed by atoms with van der Waals surface area (Å²) in [5.41, 5.74) is 0.428. The Morgan fingerprint density at radius 1 is 1.12 bits per heavy atom. The van der Waals surface area contributed by atoms with Gasteiger partial charge in [-0.3, -0.25) is 14.6 Å². The van der Waals surface area contributed by atoms with Gasteiger partial charge >= 0.3 is 0 Å². The van der Waals surface area contributed by atoms with Gasteiger partial charge in [-0.2, -0.15) is 0 Å². The Balaban J connectivity index is 1.91. The Morgan fingerprint density at radius 3 is 2.50 bits per heavy atom. The Hall–Kier alpha value is -3.32. The van der Waals surface area contributed by atoms with Crippen LogP contribution < -0.4 is 10.1 Å². The van der Waals surface area contributed by atoms with Crippen LogP contribution >= 0.6 is 11.8 Å². The quantitative estimate of drug-likeness (QED) is 0.582. The van der Waals surface area contributed by atoms with E-state index in [1.165, 1.54) is 11.8 Å². The second-order valence-electron chi connectivity index (χ2n) is 9.33. The average molecular weight is 476 g/mol. The molecule has 1 aliphatic heterocycles. The van der Waals surface area contributed by atoms with E-state index < -0.39 is 11.1 Å². The van der Waals surface area contributed by atoms with Crippen molar-refractivity contribution in [1.29, 1.82) is 0 Å². The molecule has 2 heterocycles. The number of fused-ring (bicyclic) bond motifs is 1. The molecule has 0 fully saturated rings. The molecule has 34 heavy (non-hydrogen) atoms. The lowest BCUT2D eigenvalue weighted by Gasteiger charge is -2.43. The summed E-state index contributed by atoms with van der Waals surface area (Å²) < 4.78 is 5.29. The highest BCUT2D eigenvalue weighted by atomic mass is 32.2. The Labute approximate surface area is 204 Å². The van der Waals surface area contributed by atoms with Crippen molar-refractivity contribution in [2.24, 2.45) is 0 Å². The summed E-state index contributed by atoms with van der Waals surface area (Å²) in [6.07, 6.45) is 3.36. The first-order valence-corrected chi connectivity index (χ1v) is 12.1. The molecular formula is C27H29N3O3S. The monoisotopic (exact) mass is 475 g/mol. The largest absolute Gasteiger partial charge is 0.497 e. The van der Waals surface area contributed by atoms with Gasteiger partial charge in [-0.25, -0.2) is 0 Å². The Morgan fingerprint density at radius 2 is 1.85 bits per heavy atom. The molecule has 1 aromatic heterocycles. The van der Waals surface area contributed by atoms with Gasteiger partial charge in [0.2, 0.25) is 0 Å². The van der Waals surface area contributed by atoms with Crippen LogP contribution in [0, 0.1) is 0 Å². The molecule has 0 spiro atoms. The molecule has 0 aliphatic carbocycles. The van der Waals surface area contributed by atoms with Crippen LogP contribution in [0.3, 0.4) is 0 Å². The van der Waals surface area contributed by atoms with Crippen LogP contribution in [-0.2, 0) is 16.9 Å². The van der Waals surface area contributed by atoms with E-state index in [9.17, 15) is 9.59 Å². The van der Waals surface area contributed by atoms with Crippen molar-refractivity contribution in [2.45, 2.75) is 43.3 Å². The molecule has 1 N–H and O–H groups in total. The minimum atomic E-state index is -1.26. The van der Waals surface area contributed by atoms with Gasteiger partial charge in [0.25, 0.3) is 11.8 Å². The summed E-state index contributed by atoms with van der Waals surface area (Å²) in [6.45, 7) is 6.08. The standard InChI is InChI=1S/C27H29N3O3S/c1-26(2,3)29-25(32)27(20-8-7-15-28-16-20)18-34-23-10-6-5-9-22(23)24(31)30(27)17-19-11-13-21(33-4)14-12-19/h5-16H,17-18H2,1-4H3,(H,29,32). The first kappa shape index (κ1) is 23.8. The van der Waals surface area contributed by atoms with Crippen molar-refractivity contribution in [3.05, 3.63) is 89.7 Å². The molecule has 0 saturated carbocycles. The van der Waals surface area contributed by atoms with Crippen molar-refractivity contribution in [3.8, 4) is 5.75 Å². The Kier molecular flexibility index (Phi) is 6.66. The third-order valence-electron chi connectivity index (χ3n) is 5.76. The van der Waals surface area contributed by atoms with E-state index in [2.05, 4.69) is 10.3 Å². The second-order valence-corrected chi connectivity index (χ2v) is 10.3. The van der Waals surface area contributed by atoms with E-state index in [1.807, 2.05) is 75.4 Å². The zero-order chi connectivity index (χ0) is 24.3. The first-order valence-electron chi connectivity index (χ1n) is 11.1. The number of thioether (sulfide) groups is 1. The molecule has 0 radical (unpaired) electrons. The summed E-state index contributed by atoms with van der Waals surface area (Å²) in [5.74, 6) is 0.676. The maximum Gasteiger partial charge on any atom is 0.256 e. The summed E-state index contributed by atoms with van der Waals surface area (Å²) in [7, 11) is 1.62. The molecule has 176 valence electrons. The van der Waals surface area contributed by atoms with E-state index in [0.717, 1.165) is 16.2 Å². The van der Waals surface area contributed by atoms with Gasteiger partial charge in [-0.15, -0.1) is 11.8 Å². The third-order valence-corrected chi connectivity index (χ3v) is 6.99. The van der Waals surface area contributed by atoms with Crippen LogP contribution in [-0.4, -0.2) is 40.1 Å². The van der Waals surface area contributed by atoms with Crippen LogP contribution in [0.4, 0.5) is 0 Å². The van der Waals surface area contributed by atoms with Gasteiger partial charge in [0.15, 0.2) is 5.54 Å². The molecule has 0 bridgehead atoms. The number of amides is 2. The van der Waals surface area contributed by atoms with E-state index in [0.29, 0.717) is 16.9 Å². The average Bonchev–Trinajstić information content (AvgIpc) is 2.95. The lowest BCUT2D eigenvalue weighted by Crippen LogP contribution is -2.61. The van der Waals surface area contributed by atoms with E-state index in [1.54, 1.807) is 30.5 Å². The summed E-state index contributed by atoms with van der Waals surface area (Å²) in [4.78, 5) is 35.1. The minimum Gasteiger partial charge on any atom is -0.497 e. The minimum absolute atomic E-state index is 0.190. The lowest BCUT2D eigenvalue weighted by molar-refractivity contribution is -0.133. The predicted molar refractivity (Wildman–Crippen MR) is 134 cm³/mol. The van der Waals surface area contributed by atoms with Crippen LogP contribution in [0.1, 0.15) is 42.3 Å². The van der Waals surface area contributed by atoms with Gasteiger partial charge in [0, 0.05) is 40.7 Å². The Bertz CT molecular complexity index is 1180. The number of rotatable bonds is 5. The van der Waals surface area contributed by atoms with Crippen molar-refractivity contribution in [3.63, 3.8) is 0 Å². The first-order chi connectivity index (χ1) is 16.2. The number of nitrogens with zero attached hydrogens (tertiary/aromatic N) is 2. The fourth-order valence-electron chi connectivity index (χ4n) is 4.08. The number of carbonyl (C=O) groups excluding carboxylic acids is 2. The molecule has 1 unspecified atom stereocenters. The van der Waals surface area contributed by atoms with Crippen molar-refractivity contribution < 1.29 is 14.3 Å². The van der Waals surface area contributed by atoms with Gasteiger partial charge in [0.05, 0.1) is 12.7 Å². The van der Waals surface area contributed by atoms with Crippen molar-refractivity contribution >= 4 is 23.6 Å². The second kappa shape index (κ2) is 9.50. The molecule has 1 aliphatic rings. The number of hydrogen-bond donors (Lipinski definition) is 1. The molecule has 6 nitrogen and oxygen atoms in total. The molecule has 4 rings (SSSR count). The molecule has 2 amide bonds. The van der Waals surface area contributed by atoms with Crippen molar-refractivity contribution in [1.82, 2.24) is 15.2 Å². The highest BCUT2D eigenvalue weighted by Gasteiger charge is 2.51. The number of carbonyl (C=O) groups is 2. The van der Waals surface area contributed by atoms with Crippen LogP contribution in [0.25, 0.3) is 0 Å². The highest BCUT2D eigenvalue weighted by Crippen LogP contribution is 2.42. The smallest absolute Gasteiger partial charge is 0.256 e. The molecule has 0 saturated heterocycles. The fourth-order valence-corrected chi connectivity index (χ4v) is 5.38. The number of hydrogen-bond acceptors (Lipinski definition) is 5. The van der Waals surface area contributed by atoms with E-state index in [-0.39, 0.29) is 18.4 Å². The van der Waals surface area contributed by atoms with E-state index >= 15 is 0 Å². The third kappa shape index (κ3) is 4.66. The SMILES string of the molecule is COc1ccc(CN2C(=O)c3ccccc3SCC2(C(=O)NC(C)(C)C)c2cccnc2)cc1. The molecule has 7 heteroatoms. The normalized spacial score (nSPS) is 18.1. The fraction of sp³-hybridized carbons (Fsp3) is 0.296. The van der Waals surface area contributed by atoms with Gasteiger partial charge in [-0.1, -0.05) is 30.3 Å². The topological polar surface area (TPSA) is 71.5 Å². The van der Waals surface area contributed by atoms with E-state index in [4.69, 9.17) is 4.74 Å². The summed E-state index contributed by atoms with van der Waals surface area (Å²) >= 11 is 1.52. The number of pyridine rings is 1. The summed E-state index contributed by atoms with van der Waals surface area (Å²) in [5, 5.41) is 3.14. The van der Waals surface area contributed by atoms with Gasteiger partial charge in [-0.05, 0) is 56.7 Å². The number of methoxy groups -OCH3 is 1. The molecule has 2 aromatic carbocycles. The van der Waals surface area contributed by atoms with Crippen LogP contribution in [0.15, 0.2) is 78.0 Å². The molecular weight excluding hydrogens is 446 g/mol. The van der Waals surface area contributed by atoms with Gasteiger partial charge < -0.3 is 15.0 Å². The summed E-state index contributed by atoms with van der Waals surface area (Å²) in [6, 6.07) is 18.8. The predicted octanol–water partition coefficient (Wildman–Crippen LogP) is 4.65. The van der Waals surface area contributed by atoms with Gasteiger partial charge in [0.1, 0.15) is 5.75 Å². The maximum atomic E-state index is 14.1. The highest BCUT2D eigenvalue weighted by molar-refractivity contribution is 7.99. The van der Waals surface area contributed by atoms with Crippen molar-refractivity contribution in [2.75, 3.05) is 12.9 Å². The number of benzene rings is 2. The molecule has 3 aromatic rings.